The molecule has 204 valence electrons. The zero-order chi connectivity index (χ0) is 26.5. The number of benzene rings is 2. The van der Waals surface area contributed by atoms with Crippen LogP contribution in [0.3, 0.4) is 0 Å². The van der Waals surface area contributed by atoms with Gasteiger partial charge in [-0.15, -0.1) is 0 Å². The van der Waals surface area contributed by atoms with Gasteiger partial charge < -0.3 is 19.4 Å². The van der Waals surface area contributed by atoms with Crippen molar-refractivity contribution in [1.29, 1.82) is 0 Å². The van der Waals surface area contributed by atoms with Crippen LogP contribution in [0.15, 0.2) is 53.4 Å². The lowest BCUT2D eigenvalue weighted by Crippen LogP contribution is -2.38. The molecule has 0 radical (unpaired) electrons. The number of para-hydroxylation sites is 1. The van der Waals surface area contributed by atoms with Crippen LogP contribution in [0.25, 0.3) is 10.9 Å². The third-order valence-corrected chi connectivity index (χ3v) is 9.32. The number of carbonyl (C=O) groups is 1. The number of amides is 1. The summed E-state index contributed by atoms with van der Waals surface area (Å²) < 4.78 is 41.0. The van der Waals surface area contributed by atoms with Crippen molar-refractivity contribution in [2.75, 3.05) is 53.0 Å². The zero-order valence-corrected chi connectivity index (χ0v) is 22.7. The number of carbonyl (C=O) groups excluding carboxylic acids is 1. The van der Waals surface area contributed by atoms with Crippen molar-refractivity contribution in [3.63, 3.8) is 0 Å². The van der Waals surface area contributed by atoms with Crippen molar-refractivity contribution in [2.45, 2.75) is 37.2 Å². The minimum Gasteiger partial charge on any atom is -0.497 e. The van der Waals surface area contributed by atoms with Gasteiger partial charge in [0, 0.05) is 42.8 Å². The summed E-state index contributed by atoms with van der Waals surface area (Å²) >= 11 is 0. The van der Waals surface area contributed by atoms with E-state index in [0.717, 1.165) is 67.8 Å². The first kappa shape index (κ1) is 26.7. The molecule has 0 unspecified atom stereocenters. The van der Waals surface area contributed by atoms with Gasteiger partial charge in [0.2, 0.25) is 15.9 Å². The molecule has 1 amide bonds. The lowest BCUT2D eigenvalue weighted by Gasteiger charge is -2.28. The van der Waals surface area contributed by atoms with Gasteiger partial charge in [-0.3, -0.25) is 9.69 Å². The first-order valence-corrected chi connectivity index (χ1v) is 14.7. The Hall–Kier alpha value is -2.92. The summed E-state index contributed by atoms with van der Waals surface area (Å²) in [6.45, 7) is 5.98. The number of sulfonamides is 1. The van der Waals surface area contributed by atoms with Crippen molar-refractivity contribution in [1.82, 2.24) is 19.1 Å². The number of unbranched alkanes of at least 4 members (excludes halogenated alkanes) is 1. The fraction of sp³-hybridized carbons (Fsp3) is 0.464. The van der Waals surface area contributed by atoms with E-state index in [-0.39, 0.29) is 23.9 Å². The van der Waals surface area contributed by atoms with Crippen LogP contribution in [0.2, 0.25) is 0 Å². The van der Waals surface area contributed by atoms with Crippen molar-refractivity contribution in [2.24, 2.45) is 0 Å². The third kappa shape index (κ3) is 5.73. The van der Waals surface area contributed by atoms with Crippen LogP contribution in [0.4, 0.5) is 0 Å². The number of nitrogens with one attached hydrogen (secondary N) is 1. The summed E-state index contributed by atoms with van der Waals surface area (Å²) in [6.07, 6.45) is 2.54. The smallest absolute Gasteiger partial charge is 0.243 e. The Morgan fingerprint density at radius 2 is 1.79 bits per heavy atom. The number of hydrogen-bond acceptors (Lipinski definition) is 6. The Morgan fingerprint density at radius 3 is 2.55 bits per heavy atom. The Labute approximate surface area is 224 Å². The van der Waals surface area contributed by atoms with Gasteiger partial charge in [0.25, 0.3) is 0 Å². The minimum atomic E-state index is -3.69. The summed E-state index contributed by atoms with van der Waals surface area (Å²) in [5.41, 5.74) is 2.97. The monoisotopic (exact) mass is 540 g/mol. The van der Waals surface area contributed by atoms with Gasteiger partial charge in [-0.05, 0) is 61.7 Å². The molecule has 2 aromatic carbocycles. The summed E-state index contributed by atoms with van der Waals surface area (Å²) in [6, 6.07) is 14.5. The molecule has 1 aromatic heterocycles. The van der Waals surface area contributed by atoms with Crippen molar-refractivity contribution < 1.29 is 22.7 Å². The lowest BCUT2D eigenvalue weighted by molar-refractivity contribution is -0.121. The molecule has 2 aliphatic heterocycles. The molecule has 3 heterocycles. The molecule has 0 atom stereocenters. The van der Waals surface area contributed by atoms with E-state index in [4.69, 9.17) is 9.47 Å². The van der Waals surface area contributed by atoms with Crippen molar-refractivity contribution >= 4 is 26.8 Å². The highest BCUT2D eigenvalue weighted by Crippen LogP contribution is 2.33. The maximum absolute atomic E-state index is 13.4. The average molecular weight is 541 g/mol. The predicted molar refractivity (Wildman–Crippen MR) is 146 cm³/mol. The molecule has 0 saturated carbocycles. The van der Waals surface area contributed by atoms with E-state index in [0.29, 0.717) is 25.3 Å². The molecule has 10 heteroatoms. The topological polar surface area (TPSA) is 93.1 Å². The Balaban J connectivity index is 1.27. The fourth-order valence-electron chi connectivity index (χ4n) is 5.37. The number of rotatable bonds is 10. The molecule has 1 fully saturated rings. The summed E-state index contributed by atoms with van der Waals surface area (Å²) in [5.74, 6) is 0.548. The van der Waals surface area contributed by atoms with Crippen LogP contribution in [0.1, 0.15) is 24.1 Å². The van der Waals surface area contributed by atoms with E-state index >= 15 is 0 Å². The molecular weight excluding hydrogens is 504 g/mol. The van der Waals surface area contributed by atoms with E-state index in [1.807, 2.05) is 22.8 Å². The first-order valence-electron chi connectivity index (χ1n) is 13.3. The van der Waals surface area contributed by atoms with Gasteiger partial charge in [0.15, 0.2) is 0 Å². The molecule has 9 nitrogen and oxygen atoms in total. The largest absolute Gasteiger partial charge is 0.497 e. The fourth-order valence-corrected chi connectivity index (χ4v) is 6.77. The predicted octanol–water partition coefficient (Wildman–Crippen LogP) is 2.63. The molecule has 2 aliphatic rings. The Bertz CT molecular complexity index is 1360. The van der Waals surface area contributed by atoms with Gasteiger partial charge in [-0.25, -0.2) is 8.42 Å². The maximum Gasteiger partial charge on any atom is 0.243 e. The van der Waals surface area contributed by atoms with Gasteiger partial charge in [-0.2, -0.15) is 4.31 Å². The first-order chi connectivity index (χ1) is 18.5. The number of nitrogens with zero attached hydrogens (tertiary/aromatic N) is 3. The van der Waals surface area contributed by atoms with Gasteiger partial charge in [0.05, 0.1) is 31.8 Å². The molecule has 1 N–H and O–H groups in total. The van der Waals surface area contributed by atoms with E-state index in [2.05, 4.69) is 16.3 Å². The second kappa shape index (κ2) is 11.9. The summed E-state index contributed by atoms with van der Waals surface area (Å²) in [5, 5.41) is 4.15. The molecule has 0 aliphatic carbocycles. The van der Waals surface area contributed by atoms with Gasteiger partial charge in [-0.1, -0.05) is 18.2 Å². The van der Waals surface area contributed by atoms with E-state index in [1.165, 1.54) is 4.31 Å². The highest BCUT2D eigenvalue weighted by molar-refractivity contribution is 7.89. The van der Waals surface area contributed by atoms with Crippen LogP contribution in [0, 0.1) is 0 Å². The van der Waals surface area contributed by atoms with Crippen LogP contribution in [0.5, 0.6) is 5.75 Å². The standard InChI is InChI=1S/C28H36N4O5S/c1-36-22-8-10-23(11-9-22)38(34,35)31-15-12-25-24-6-2-3-7-26(24)32(27(25)20-31)21-28(33)29-13-4-5-14-30-16-18-37-19-17-30/h2-3,6-11H,4-5,12-21H2,1H3,(H,29,33). The number of aromatic nitrogens is 1. The van der Waals surface area contributed by atoms with Crippen LogP contribution in [-0.4, -0.2) is 81.1 Å². The molecule has 1 saturated heterocycles. The number of methoxy groups -OCH3 is 1. The number of hydrogen-bond donors (Lipinski definition) is 1. The lowest BCUT2D eigenvalue weighted by atomic mass is 10.0. The Morgan fingerprint density at radius 1 is 1.03 bits per heavy atom. The number of fused-ring (bicyclic) bond motifs is 3. The van der Waals surface area contributed by atoms with Gasteiger partial charge >= 0.3 is 0 Å². The molecule has 0 bridgehead atoms. The summed E-state index contributed by atoms with van der Waals surface area (Å²) in [4.78, 5) is 15.6. The molecule has 5 rings (SSSR count). The summed E-state index contributed by atoms with van der Waals surface area (Å²) in [7, 11) is -2.14. The maximum atomic E-state index is 13.4. The van der Waals surface area contributed by atoms with E-state index in [1.54, 1.807) is 31.4 Å². The van der Waals surface area contributed by atoms with Crippen LogP contribution in [-0.2, 0) is 39.1 Å². The second-order valence-corrected chi connectivity index (χ2v) is 11.7. The van der Waals surface area contributed by atoms with E-state index < -0.39 is 10.0 Å². The highest BCUT2D eigenvalue weighted by atomic mass is 32.2. The third-order valence-electron chi connectivity index (χ3n) is 7.46. The molecule has 0 spiro atoms. The molecular formula is C28H36N4O5S. The Kier molecular flexibility index (Phi) is 8.32. The van der Waals surface area contributed by atoms with E-state index in [9.17, 15) is 13.2 Å². The van der Waals surface area contributed by atoms with Crippen molar-refractivity contribution in [3.8, 4) is 5.75 Å². The number of ether oxygens (including phenoxy) is 2. The second-order valence-electron chi connectivity index (χ2n) is 9.80. The van der Waals surface area contributed by atoms with Crippen molar-refractivity contribution in [3.05, 3.63) is 59.8 Å². The van der Waals surface area contributed by atoms with Gasteiger partial charge in [0.1, 0.15) is 12.3 Å². The zero-order valence-electron chi connectivity index (χ0n) is 21.9. The molecule has 38 heavy (non-hydrogen) atoms. The van der Waals surface area contributed by atoms with Crippen LogP contribution >= 0.6 is 0 Å². The number of morpholine rings is 1. The van der Waals surface area contributed by atoms with Crippen LogP contribution < -0.4 is 10.1 Å². The highest BCUT2D eigenvalue weighted by Gasteiger charge is 2.32. The molecule has 3 aromatic rings. The quantitative estimate of drug-likeness (QED) is 0.398. The average Bonchev–Trinajstić information content (AvgIpc) is 3.26. The minimum absolute atomic E-state index is 0.0601. The normalized spacial score (nSPS) is 16.9. The SMILES string of the molecule is COc1ccc(S(=O)(=O)N2CCc3c(n(CC(=O)NCCCCN4CCOCC4)c4ccccc34)C2)cc1.